The zero-order valence-electron chi connectivity index (χ0n) is 7.78. The normalized spacial score (nSPS) is 21.4. The van der Waals surface area contributed by atoms with Crippen molar-refractivity contribution in [3.8, 4) is 0 Å². The highest BCUT2D eigenvalue weighted by molar-refractivity contribution is 9.10. The minimum atomic E-state index is 0.0312. The van der Waals surface area contributed by atoms with E-state index in [1.807, 2.05) is 6.20 Å². The van der Waals surface area contributed by atoms with E-state index in [-0.39, 0.29) is 11.7 Å². The molecule has 0 saturated carbocycles. The molecule has 14 heavy (non-hydrogen) atoms. The second kappa shape index (κ2) is 4.28. The van der Waals surface area contributed by atoms with Crippen LogP contribution >= 0.6 is 15.9 Å². The van der Waals surface area contributed by atoms with Gasteiger partial charge < -0.3 is 9.30 Å². The third kappa shape index (κ3) is 2.25. The van der Waals surface area contributed by atoms with Gasteiger partial charge in [-0.25, -0.2) is 0 Å². The first-order valence-corrected chi connectivity index (χ1v) is 5.52. The molecule has 1 saturated heterocycles. The molecular formula is C10H12BrNO2. The van der Waals surface area contributed by atoms with Gasteiger partial charge in [-0.1, -0.05) is 0 Å². The summed E-state index contributed by atoms with van der Waals surface area (Å²) >= 11 is 3.35. The number of hydrogen-bond donors (Lipinski definition) is 0. The number of nitrogens with zero attached hydrogens (tertiary/aromatic N) is 1. The van der Waals surface area contributed by atoms with Crippen molar-refractivity contribution < 1.29 is 4.74 Å². The van der Waals surface area contributed by atoms with Gasteiger partial charge in [-0.2, -0.15) is 0 Å². The summed E-state index contributed by atoms with van der Waals surface area (Å²) in [5.74, 6) is 0. The molecule has 1 aliphatic heterocycles. The minimum Gasteiger partial charge on any atom is -0.376 e. The predicted molar refractivity (Wildman–Crippen MR) is 57.4 cm³/mol. The number of ether oxygens (including phenoxy) is 1. The van der Waals surface area contributed by atoms with Gasteiger partial charge in [-0.3, -0.25) is 4.79 Å². The lowest BCUT2D eigenvalue weighted by molar-refractivity contribution is 0.0961. The second-order valence-corrected chi connectivity index (χ2v) is 4.39. The smallest absolute Gasteiger partial charge is 0.250 e. The van der Waals surface area contributed by atoms with E-state index in [4.69, 9.17) is 4.74 Å². The van der Waals surface area contributed by atoms with Crippen LogP contribution in [0.25, 0.3) is 0 Å². The molecule has 3 nitrogen and oxygen atoms in total. The van der Waals surface area contributed by atoms with E-state index in [1.54, 1.807) is 16.7 Å². The summed E-state index contributed by atoms with van der Waals surface area (Å²) in [5, 5.41) is 0. The standard InChI is InChI=1S/C10H12BrNO2/c11-8-3-4-10(13)12(6-8)7-9-2-1-5-14-9/h3-4,6,9H,1-2,5,7H2. The van der Waals surface area contributed by atoms with Gasteiger partial charge >= 0.3 is 0 Å². The van der Waals surface area contributed by atoms with Crippen molar-refractivity contribution in [3.05, 3.63) is 33.2 Å². The van der Waals surface area contributed by atoms with Crippen LogP contribution in [0.2, 0.25) is 0 Å². The average Bonchev–Trinajstić information content (AvgIpc) is 2.64. The molecule has 0 aromatic carbocycles. The molecule has 2 rings (SSSR count). The van der Waals surface area contributed by atoms with Crippen molar-refractivity contribution >= 4 is 15.9 Å². The lowest BCUT2D eigenvalue weighted by atomic mass is 10.2. The highest BCUT2D eigenvalue weighted by Crippen LogP contribution is 2.14. The SMILES string of the molecule is O=c1ccc(Br)cn1CC1CCCO1. The third-order valence-corrected chi connectivity index (χ3v) is 2.84. The van der Waals surface area contributed by atoms with Crippen LogP contribution in [0.4, 0.5) is 0 Å². The van der Waals surface area contributed by atoms with Crippen molar-refractivity contribution in [2.24, 2.45) is 0 Å². The van der Waals surface area contributed by atoms with Crippen LogP contribution in [0.3, 0.4) is 0 Å². The Kier molecular flexibility index (Phi) is 3.03. The van der Waals surface area contributed by atoms with Gasteiger partial charge in [0.1, 0.15) is 0 Å². The fraction of sp³-hybridized carbons (Fsp3) is 0.500. The Morgan fingerprint density at radius 2 is 2.43 bits per heavy atom. The predicted octanol–water partition coefficient (Wildman–Crippen LogP) is 1.79. The Labute approximate surface area is 90.8 Å². The van der Waals surface area contributed by atoms with E-state index in [1.165, 1.54) is 0 Å². The molecular weight excluding hydrogens is 246 g/mol. The first-order valence-electron chi connectivity index (χ1n) is 4.73. The summed E-state index contributed by atoms with van der Waals surface area (Å²) in [6, 6.07) is 3.33. The molecule has 1 aromatic heterocycles. The minimum absolute atomic E-state index is 0.0312. The molecule has 1 aromatic rings. The number of aromatic nitrogens is 1. The van der Waals surface area contributed by atoms with E-state index >= 15 is 0 Å². The molecule has 76 valence electrons. The molecule has 0 aliphatic carbocycles. The van der Waals surface area contributed by atoms with Gasteiger partial charge in [-0.15, -0.1) is 0 Å². The summed E-state index contributed by atoms with van der Waals surface area (Å²) < 4.78 is 8.10. The lowest BCUT2D eigenvalue weighted by Gasteiger charge is -2.11. The van der Waals surface area contributed by atoms with Crippen molar-refractivity contribution in [1.29, 1.82) is 0 Å². The molecule has 0 radical (unpaired) electrons. The quantitative estimate of drug-likeness (QED) is 0.809. The summed E-state index contributed by atoms with van der Waals surface area (Å²) in [5.41, 5.74) is 0.0312. The van der Waals surface area contributed by atoms with E-state index < -0.39 is 0 Å². The van der Waals surface area contributed by atoms with Crippen molar-refractivity contribution in [2.75, 3.05) is 6.61 Å². The zero-order valence-corrected chi connectivity index (χ0v) is 9.37. The summed E-state index contributed by atoms with van der Waals surface area (Å²) in [7, 11) is 0. The Morgan fingerprint density at radius 3 is 3.14 bits per heavy atom. The van der Waals surface area contributed by atoms with Crippen LogP contribution in [0.5, 0.6) is 0 Å². The van der Waals surface area contributed by atoms with Gasteiger partial charge in [0.25, 0.3) is 5.56 Å². The lowest BCUT2D eigenvalue weighted by Crippen LogP contribution is -2.25. The maximum absolute atomic E-state index is 11.4. The molecule has 0 amide bonds. The molecule has 1 fully saturated rings. The average molecular weight is 258 g/mol. The number of halogens is 1. The number of pyridine rings is 1. The Balaban J connectivity index is 2.15. The van der Waals surface area contributed by atoms with Crippen LogP contribution in [-0.2, 0) is 11.3 Å². The Hall–Kier alpha value is -0.610. The largest absolute Gasteiger partial charge is 0.376 e. The van der Waals surface area contributed by atoms with Crippen LogP contribution in [0.15, 0.2) is 27.6 Å². The molecule has 0 bridgehead atoms. The van der Waals surface area contributed by atoms with Crippen molar-refractivity contribution in [1.82, 2.24) is 4.57 Å². The summed E-state index contributed by atoms with van der Waals surface area (Å²) in [6.45, 7) is 1.49. The number of hydrogen-bond acceptors (Lipinski definition) is 2. The number of rotatable bonds is 2. The molecule has 0 spiro atoms. The van der Waals surface area contributed by atoms with Crippen molar-refractivity contribution in [3.63, 3.8) is 0 Å². The Bertz CT molecular complexity index is 369. The maximum atomic E-state index is 11.4. The molecule has 1 unspecified atom stereocenters. The van der Waals surface area contributed by atoms with Gasteiger partial charge in [0.2, 0.25) is 0 Å². The zero-order chi connectivity index (χ0) is 9.97. The van der Waals surface area contributed by atoms with Gasteiger partial charge in [0, 0.05) is 23.3 Å². The summed E-state index contributed by atoms with van der Waals surface area (Å²) in [6.07, 6.45) is 4.18. The van der Waals surface area contributed by atoms with E-state index in [0.29, 0.717) is 6.54 Å². The highest BCUT2D eigenvalue weighted by Gasteiger charge is 2.16. The van der Waals surface area contributed by atoms with E-state index in [0.717, 1.165) is 23.9 Å². The van der Waals surface area contributed by atoms with Gasteiger partial charge in [-0.05, 0) is 34.8 Å². The molecule has 1 atom stereocenters. The second-order valence-electron chi connectivity index (χ2n) is 3.47. The van der Waals surface area contributed by atoms with Crippen LogP contribution in [0.1, 0.15) is 12.8 Å². The van der Waals surface area contributed by atoms with Crippen LogP contribution in [0, 0.1) is 0 Å². The maximum Gasteiger partial charge on any atom is 0.250 e. The Morgan fingerprint density at radius 1 is 1.57 bits per heavy atom. The van der Waals surface area contributed by atoms with Gasteiger partial charge in [0.15, 0.2) is 0 Å². The first kappa shape index (κ1) is 9.93. The highest BCUT2D eigenvalue weighted by atomic mass is 79.9. The topological polar surface area (TPSA) is 31.2 Å². The fourth-order valence-electron chi connectivity index (χ4n) is 1.65. The molecule has 4 heteroatoms. The molecule has 1 aliphatic rings. The van der Waals surface area contributed by atoms with E-state index in [2.05, 4.69) is 15.9 Å². The third-order valence-electron chi connectivity index (χ3n) is 2.37. The van der Waals surface area contributed by atoms with Crippen LogP contribution < -0.4 is 5.56 Å². The first-order chi connectivity index (χ1) is 6.75. The monoisotopic (exact) mass is 257 g/mol. The molecule has 0 N–H and O–H groups in total. The van der Waals surface area contributed by atoms with E-state index in [9.17, 15) is 4.79 Å². The summed E-state index contributed by atoms with van der Waals surface area (Å²) in [4.78, 5) is 11.4. The van der Waals surface area contributed by atoms with Gasteiger partial charge in [0.05, 0.1) is 12.6 Å². The van der Waals surface area contributed by atoms with Crippen LogP contribution in [-0.4, -0.2) is 17.3 Å². The van der Waals surface area contributed by atoms with Crippen molar-refractivity contribution in [2.45, 2.75) is 25.5 Å². The molecule has 2 heterocycles. The fourth-order valence-corrected chi connectivity index (χ4v) is 2.03.